The van der Waals surface area contributed by atoms with Gasteiger partial charge in [0, 0.05) is 13.1 Å². The molecule has 0 aromatic heterocycles. The Morgan fingerprint density at radius 2 is 1.70 bits per heavy atom. The van der Waals surface area contributed by atoms with Crippen molar-refractivity contribution in [1.82, 2.24) is 10.2 Å². The van der Waals surface area contributed by atoms with E-state index in [4.69, 9.17) is 0 Å². The van der Waals surface area contributed by atoms with Gasteiger partial charge in [-0.05, 0) is 62.7 Å². The monoisotopic (exact) mass is 316 g/mol. The van der Waals surface area contributed by atoms with Crippen LogP contribution in [0, 0.1) is 0 Å². The summed E-state index contributed by atoms with van der Waals surface area (Å²) in [5.41, 5.74) is 1.31. The molecule has 1 amide bonds. The van der Waals surface area contributed by atoms with Crippen LogP contribution in [0.1, 0.15) is 56.1 Å². The molecule has 2 aliphatic rings. The zero-order valence-electron chi connectivity index (χ0n) is 13.9. The third-order valence-corrected chi connectivity index (χ3v) is 5.25. The minimum absolute atomic E-state index is 0.206. The quantitative estimate of drug-likeness (QED) is 0.878. The van der Waals surface area contributed by atoms with Gasteiger partial charge in [0.1, 0.15) is 5.60 Å². The maximum Gasteiger partial charge on any atom is 0.252 e. The van der Waals surface area contributed by atoms with Gasteiger partial charge in [-0.15, -0.1) is 0 Å². The molecule has 1 heterocycles. The lowest BCUT2D eigenvalue weighted by atomic mass is 10.0. The van der Waals surface area contributed by atoms with Crippen LogP contribution >= 0.6 is 0 Å². The molecule has 0 unspecified atom stereocenters. The molecule has 0 bridgehead atoms. The number of nitrogens with one attached hydrogen (secondary N) is 1. The summed E-state index contributed by atoms with van der Waals surface area (Å²) in [4.78, 5) is 14.8. The topological polar surface area (TPSA) is 52.6 Å². The van der Waals surface area contributed by atoms with Crippen molar-refractivity contribution in [1.29, 1.82) is 0 Å². The lowest BCUT2D eigenvalue weighted by Crippen LogP contribution is -2.44. The Morgan fingerprint density at radius 1 is 1.04 bits per heavy atom. The summed E-state index contributed by atoms with van der Waals surface area (Å²) in [7, 11) is 0. The summed E-state index contributed by atoms with van der Waals surface area (Å²) in [6.07, 6.45) is 6.97. The molecule has 4 heteroatoms. The number of nitrogens with zero attached hydrogens (tertiary/aromatic N) is 1. The van der Waals surface area contributed by atoms with Crippen LogP contribution in [0.4, 0.5) is 0 Å². The van der Waals surface area contributed by atoms with E-state index in [0.717, 1.165) is 24.9 Å². The molecular formula is C19H28N2O2. The van der Waals surface area contributed by atoms with Gasteiger partial charge in [0.25, 0.3) is 5.91 Å². The molecule has 4 nitrogen and oxygen atoms in total. The molecule has 2 N–H and O–H groups in total. The molecule has 1 aromatic carbocycles. The fraction of sp³-hybridized carbons (Fsp3) is 0.632. The van der Waals surface area contributed by atoms with E-state index in [-0.39, 0.29) is 5.91 Å². The molecule has 126 valence electrons. The number of hydrogen-bond acceptors (Lipinski definition) is 3. The molecule has 0 atom stereocenters. The third-order valence-electron chi connectivity index (χ3n) is 5.25. The van der Waals surface area contributed by atoms with Crippen LogP contribution in [0.2, 0.25) is 0 Å². The van der Waals surface area contributed by atoms with E-state index >= 15 is 0 Å². The van der Waals surface area contributed by atoms with Crippen LogP contribution in [-0.2, 0) is 17.9 Å². The standard InChI is InChI=1S/C19H28N2O2/c22-18(19(23)10-4-5-11-19)20-14-16-8-2-3-9-17(16)15-21-12-6-1-7-13-21/h2-3,8-9,23H,1,4-7,10-15H2,(H,20,22). The Labute approximate surface area is 138 Å². The van der Waals surface area contributed by atoms with Crippen molar-refractivity contribution in [3.8, 4) is 0 Å². The number of amides is 1. The molecule has 1 saturated heterocycles. The molecule has 2 fully saturated rings. The van der Waals surface area contributed by atoms with Gasteiger partial charge in [-0.3, -0.25) is 9.69 Å². The van der Waals surface area contributed by atoms with Crippen molar-refractivity contribution in [3.05, 3.63) is 35.4 Å². The highest BCUT2D eigenvalue weighted by molar-refractivity contribution is 5.85. The van der Waals surface area contributed by atoms with Crippen LogP contribution in [0.25, 0.3) is 0 Å². The van der Waals surface area contributed by atoms with Crippen molar-refractivity contribution in [2.24, 2.45) is 0 Å². The number of piperidine rings is 1. The number of carbonyl (C=O) groups is 1. The Hall–Kier alpha value is -1.39. The average Bonchev–Trinajstić information content (AvgIpc) is 3.03. The number of likely N-dealkylation sites (tertiary alicyclic amines) is 1. The summed E-state index contributed by atoms with van der Waals surface area (Å²) >= 11 is 0. The van der Waals surface area contributed by atoms with Crippen LogP contribution in [0.15, 0.2) is 24.3 Å². The van der Waals surface area contributed by atoms with Crippen molar-refractivity contribution in [2.45, 2.75) is 63.6 Å². The van der Waals surface area contributed by atoms with Crippen LogP contribution < -0.4 is 5.32 Å². The number of benzene rings is 1. The SMILES string of the molecule is O=C(NCc1ccccc1CN1CCCCC1)C1(O)CCCC1. The number of rotatable bonds is 5. The molecular weight excluding hydrogens is 288 g/mol. The molecule has 1 saturated carbocycles. The van der Waals surface area contributed by atoms with E-state index in [2.05, 4.69) is 28.4 Å². The maximum atomic E-state index is 12.3. The van der Waals surface area contributed by atoms with Crippen molar-refractivity contribution in [3.63, 3.8) is 0 Å². The second-order valence-corrected chi connectivity index (χ2v) is 7.03. The van der Waals surface area contributed by atoms with Crippen LogP contribution in [0.5, 0.6) is 0 Å². The fourth-order valence-electron chi connectivity index (χ4n) is 3.77. The average molecular weight is 316 g/mol. The summed E-state index contributed by atoms with van der Waals surface area (Å²) < 4.78 is 0. The number of carbonyl (C=O) groups excluding carboxylic acids is 1. The van der Waals surface area contributed by atoms with Gasteiger partial charge in [0.15, 0.2) is 0 Å². The van der Waals surface area contributed by atoms with Gasteiger partial charge < -0.3 is 10.4 Å². The molecule has 3 rings (SSSR count). The summed E-state index contributed by atoms with van der Waals surface area (Å²) in [5.74, 6) is -0.206. The molecule has 1 aliphatic carbocycles. The largest absolute Gasteiger partial charge is 0.380 e. The zero-order chi connectivity index (χ0) is 16.1. The lowest BCUT2D eigenvalue weighted by Gasteiger charge is -2.27. The Bertz CT molecular complexity index is 532. The molecule has 1 aromatic rings. The minimum atomic E-state index is -1.14. The first-order valence-electron chi connectivity index (χ1n) is 8.97. The smallest absolute Gasteiger partial charge is 0.252 e. The van der Waals surface area contributed by atoms with Crippen molar-refractivity contribution >= 4 is 5.91 Å². The second-order valence-electron chi connectivity index (χ2n) is 7.03. The van der Waals surface area contributed by atoms with Gasteiger partial charge in [-0.2, -0.15) is 0 Å². The van der Waals surface area contributed by atoms with Crippen molar-refractivity contribution in [2.75, 3.05) is 13.1 Å². The van der Waals surface area contributed by atoms with Gasteiger partial charge >= 0.3 is 0 Å². The van der Waals surface area contributed by atoms with E-state index in [0.29, 0.717) is 19.4 Å². The maximum absolute atomic E-state index is 12.3. The first-order valence-corrected chi connectivity index (χ1v) is 8.97. The summed E-state index contributed by atoms with van der Waals surface area (Å²) in [6, 6.07) is 8.32. The van der Waals surface area contributed by atoms with Crippen LogP contribution in [0.3, 0.4) is 0 Å². The lowest BCUT2D eigenvalue weighted by molar-refractivity contribution is -0.139. The van der Waals surface area contributed by atoms with E-state index in [9.17, 15) is 9.90 Å². The number of hydrogen-bond donors (Lipinski definition) is 2. The van der Waals surface area contributed by atoms with E-state index in [1.54, 1.807) is 0 Å². The Kier molecular flexibility index (Phi) is 5.34. The van der Waals surface area contributed by atoms with Gasteiger partial charge in [-0.25, -0.2) is 0 Å². The summed E-state index contributed by atoms with van der Waals surface area (Å²) in [6.45, 7) is 3.79. The van der Waals surface area contributed by atoms with Crippen molar-refractivity contribution < 1.29 is 9.90 Å². The summed E-state index contributed by atoms with van der Waals surface area (Å²) in [5, 5.41) is 13.3. The van der Waals surface area contributed by atoms with Gasteiger partial charge in [0.05, 0.1) is 0 Å². The third kappa shape index (κ3) is 4.12. The van der Waals surface area contributed by atoms with E-state index in [1.807, 2.05) is 6.07 Å². The zero-order valence-corrected chi connectivity index (χ0v) is 13.9. The number of aliphatic hydroxyl groups is 1. The Balaban J connectivity index is 1.60. The predicted molar refractivity (Wildman–Crippen MR) is 90.8 cm³/mol. The first-order chi connectivity index (χ1) is 11.2. The van der Waals surface area contributed by atoms with E-state index in [1.165, 1.54) is 37.9 Å². The minimum Gasteiger partial charge on any atom is -0.380 e. The second kappa shape index (κ2) is 7.45. The normalized spacial score (nSPS) is 21.3. The van der Waals surface area contributed by atoms with Crippen LogP contribution in [-0.4, -0.2) is 34.6 Å². The first kappa shape index (κ1) is 16.5. The van der Waals surface area contributed by atoms with Gasteiger partial charge in [-0.1, -0.05) is 30.7 Å². The molecule has 23 heavy (non-hydrogen) atoms. The van der Waals surface area contributed by atoms with E-state index < -0.39 is 5.60 Å². The highest BCUT2D eigenvalue weighted by atomic mass is 16.3. The Morgan fingerprint density at radius 3 is 2.39 bits per heavy atom. The van der Waals surface area contributed by atoms with Gasteiger partial charge in [0.2, 0.25) is 0 Å². The molecule has 1 aliphatic heterocycles. The predicted octanol–water partition coefficient (Wildman–Crippen LogP) is 2.59. The molecule has 0 radical (unpaired) electrons. The highest BCUT2D eigenvalue weighted by Gasteiger charge is 2.38. The highest BCUT2D eigenvalue weighted by Crippen LogP contribution is 2.29. The molecule has 0 spiro atoms. The fourth-order valence-corrected chi connectivity index (χ4v) is 3.77.